The molecule has 2 heterocycles. The van der Waals surface area contributed by atoms with Gasteiger partial charge in [0.25, 0.3) is 5.91 Å². The quantitative estimate of drug-likeness (QED) is 0.533. The normalized spacial score (nSPS) is 15.5. The summed E-state index contributed by atoms with van der Waals surface area (Å²) in [5.74, 6) is -0.620. The Morgan fingerprint density at radius 3 is 2.61 bits per heavy atom. The summed E-state index contributed by atoms with van der Waals surface area (Å²) in [5.41, 5.74) is 2.53. The number of alkyl halides is 3. The summed E-state index contributed by atoms with van der Waals surface area (Å²) in [6.07, 6.45) is -0.735. The molecule has 33 heavy (non-hydrogen) atoms. The number of hydrogen-bond acceptors (Lipinski definition) is 4. The van der Waals surface area contributed by atoms with Crippen molar-refractivity contribution in [3.63, 3.8) is 0 Å². The van der Waals surface area contributed by atoms with Gasteiger partial charge in [0, 0.05) is 18.2 Å². The van der Waals surface area contributed by atoms with E-state index in [0.29, 0.717) is 35.5 Å². The van der Waals surface area contributed by atoms with Gasteiger partial charge in [0.1, 0.15) is 0 Å². The summed E-state index contributed by atoms with van der Waals surface area (Å²) < 4.78 is 45.9. The Kier molecular flexibility index (Phi) is 4.99. The topological polar surface area (TPSA) is 64.4 Å². The fraction of sp³-hybridized carbons (Fsp3) is 0.292. The molecule has 0 atom stereocenters. The van der Waals surface area contributed by atoms with E-state index in [1.165, 1.54) is 24.1 Å². The van der Waals surface area contributed by atoms with Crippen molar-refractivity contribution in [3.8, 4) is 5.69 Å². The van der Waals surface area contributed by atoms with Gasteiger partial charge in [-0.15, -0.1) is 0 Å². The highest BCUT2D eigenvalue weighted by atomic mass is 19.4. The van der Waals surface area contributed by atoms with E-state index in [4.69, 9.17) is 4.74 Å². The standard InChI is InChI=1S/C24H20F3N3O3/c1-33-23(32)16-7-8-20-15(11-16)9-10-29(20)22(31)19-13-28-30(21(19)14-5-6-14)18-4-2-3-17(12-18)24(25,26)27/h2-4,7-8,11-14H,5-6,9-10H2,1H3. The van der Waals surface area contributed by atoms with Gasteiger partial charge in [0.05, 0.1) is 41.4 Å². The van der Waals surface area contributed by atoms with Crippen LogP contribution in [0.25, 0.3) is 5.69 Å². The van der Waals surface area contributed by atoms with Crippen LogP contribution in [-0.2, 0) is 17.3 Å². The number of carbonyl (C=O) groups is 2. The molecule has 6 nitrogen and oxygen atoms in total. The Bertz CT molecular complexity index is 1260. The highest BCUT2D eigenvalue weighted by molar-refractivity contribution is 6.08. The summed E-state index contributed by atoms with van der Waals surface area (Å²) in [6, 6.07) is 10.0. The number of hydrogen-bond donors (Lipinski definition) is 0. The molecule has 1 saturated carbocycles. The third kappa shape index (κ3) is 3.77. The lowest BCUT2D eigenvalue weighted by molar-refractivity contribution is -0.137. The Balaban J connectivity index is 1.51. The third-order valence-corrected chi connectivity index (χ3v) is 6.06. The molecule has 170 valence electrons. The van der Waals surface area contributed by atoms with Crippen molar-refractivity contribution in [2.75, 3.05) is 18.6 Å². The summed E-state index contributed by atoms with van der Waals surface area (Å²) in [7, 11) is 1.31. The van der Waals surface area contributed by atoms with Crippen LogP contribution in [0.1, 0.15) is 56.3 Å². The van der Waals surface area contributed by atoms with Crippen LogP contribution in [0.5, 0.6) is 0 Å². The minimum Gasteiger partial charge on any atom is -0.465 e. The minimum atomic E-state index is -4.47. The van der Waals surface area contributed by atoms with Crippen LogP contribution in [0.2, 0.25) is 0 Å². The molecule has 0 spiro atoms. The van der Waals surface area contributed by atoms with E-state index in [-0.39, 0.29) is 17.5 Å². The van der Waals surface area contributed by atoms with E-state index in [9.17, 15) is 22.8 Å². The van der Waals surface area contributed by atoms with Gasteiger partial charge >= 0.3 is 12.1 Å². The van der Waals surface area contributed by atoms with Crippen LogP contribution in [0.4, 0.5) is 18.9 Å². The van der Waals surface area contributed by atoms with Crippen molar-refractivity contribution >= 4 is 17.6 Å². The summed E-state index contributed by atoms with van der Waals surface area (Å²) in [4.78, 5) is 27.0. The van der Waals surface area contributed by atoms with Gasteiger partial charge in [-0.1, -0.05) is 6.07 Å². The number of nitrogens with zero attached hydrogens (tertiary/aromatic N) is 3. The van der Waals surface area contributed by atoms with Gasteiger partial charge in [-0.3, -0.25) is 4.79 Å². The highest BCUT2D eigenvalue weighted by Gasteiger charge is 2.37. The van der Waals surface area contributed by atoms with Crippen LogP contribution in [0, 0.1) is 0 Å². The monoisotopic (exact) mass is 455 g/mol. The zero-order valence-electron chi connectivity index (χ0n) is 17.7. The van der Waals surface area contributed by atoms with Crippen LogP contribution in [0.15, 0.2) is 48.7 Å². The van der Waals surface area contributed by atoms with Crippen LogP contribution < -0.4 is 4.90 Å². The van der Waals surface area contributed by atoms with Gasteiger partial charge in [0.15, 0.2) is 0 Å². The molecule has 3 aromatic rings. The number of amides is 1. The molecule has 1 aliphatic heterocycles. The molecule has 0 radical (unpaired) electrons. The molecular weight excluding hydrogens is 435 g/mol. The number of aromatic nitrogens is 2. The minimum absolute atomic E-state index is 0.0739. The first-order valence-electron chi connectivity index (χ1n) is 10.6. The second kappa shape index (κ2) is 7.75. The molecular formula is C24H20F3N3O3. The Hall–Kier alpha value is -3.62. The number of halogens is 3. The molecule has 1 fully saturated rings. The number of esters is 1. The summed E-state index contributed by atoms with van der Waals surface area (Å²) in [5, 5.41) is 4.31. The summed E-state index contributed by atoms with van der Waals surface area (Å²) in [6.45, 7) is 0.442. The first kappa shape index (κ1) is 21.2. The molecule has 0 bridgehead atoms. The Morgan fingerprint density at radius 1 is 1.12 bits per heavy atom. The first-order chi connectivity index (χ1) is 15.8. The molecule has 5 rings (SSSR count). The molecule has 0 N–H and O–H groups in total. The van der Waals surface area contributed by atoms with E-state index < -0.39 is 17.7 Å². The maximum Gasteiger partial charge on any atom is 0.416 e. The first-order valence-corrected chi connectivity index (χ1v) is 10.6. The molecule has 2 aliphatic rings. The smallest absolute Gasteiger partial charge is 0.416 e. The lowest BCUT2D eigenvalue weighted by atomic mass is 10.1. The number of rotatable bonds is 4. The average Bonchev–Trinajstić information content (AvgIpc) is 3.40. The predicted octanol–water partition coefficient (Wildman–Crippen LogP) is 4.76. The van der Waals surface area contributed by atoms with Crippen molar-refractivity contribution in [2.45, 2.75) is 31.4 Å². The zero-order valence-corrected chi connectivity index (χ0v) is 17.7. The fourth-order valence-corrected chi connectivity index (χ4v) is 4.29. The molecule has 9 heteroatoms. The lowest BCUT2D eigenvalue weighted by Gasteiger charge is -2.18. The van der Waals surface area contributed by atoms with E-state index >= 15 is 0 Å². The van der Waals surface area contributed by atoms with Crippen molar-refractivity contribution < 1.29 is 27.5 Å². The number of methoxy groups -OCH3 is 1. The molecule has 0 unspecified atom stereocenters. The van der Waals surface area contributed by atoms with Crippen molar-refractivity contribution in [3.05, 3.63) is 76.6 Å². The Labute approximate surface area is 187 Å². The molecule has 1 amide bonds. The highest BCUT2D eigenvalue weighted by Crippen LogP contribution is 2.43. The molecule has 0 saturated heterocycles. The molecule has 1 aromatic heterocycles. The molecule has 1 aliphatic carbocycles. The van der Waals surface area contributed by atoms with Crippen LogP contribution >= 0.6 is 0 Å². The average molecular weight is 455 g/mol. The second-order valence-electron chi connectivity index (χ2n) is 8.22. The number of benzene rings is 2. The Morgan fingerprint density at radius 2 is 1.91 bits per heavy atom. The maximum absolute atomic E-state index is 13.5. The SMILES string of the molecule is COC(=O)c1ccc2c(c1)CCN2C(=O)c1cnn(-c2cccc(C(F)(F)F)c2)c1C1CC1. The number of fused-ring (bicyclic) bond motifs is 1. The lowest BCUT2D eigenvalue weighted by Crippen LogP contribution is -2.29. The van der Waals surface area contributed by atoms with Crippen molar-refractivity contribution in [2.24, 2.45) is 0 Å². The maximum atomic E-state index is 13.5. The van der Waals surface area contributed by atoms with Gasteiger partial charge < -0.3 is 9.64 Å². The zero-order chi connectivity index (χ0) is 23.3. The van der Waals surface area contributed by atoms with Crippen molar-refractivity contribution in [1.82, 2.24) is 9.78 Å². The second-order valence-corrected chi connectivity index (χ2v) is 8.22. The number of ether oxygens (including phenoxy) is 1. The van der Waals surface area contributed by atoms with E-state index in [1.54, 1.807) is 29.2 Å². The van der Waals surface area contributed by atoms with E-state index in [1.807, 2.05) is 0 Å². The number of carbonyl (C=O) groups excluding carboxylic acids is 2. The van der Waals surface area contributed by atoms with Crippen LogP contribution in [-0.4, -0.2) is 35.3 Å². The third-order valence-electron chi connectivity index (χ3n) is 6.06. The van der Waals surface area contributed by atoms with E-state index in [2.05, 4.69) is 5.10 Å². The fourth-order valence-electron chi connectivity index (χ4n) is 4.29. The largest absolute Gasteiger partial charge is 0.465 e. The summed E-state index contributed by atoms with van der Waals surface area (Å²) >= 11 is 0. The number of anilines is 1. The van der Waals surface area contributed by atoms with Gasteiger partial charge in [-0.25, -0.2) is 9.48 Å². The predicted molar refractivity (Wildman–Crippen MR) is 114 cm³/mol. The van der Waals surface area contributed by atoms with Crippen molar-refractivity contribution in [1.29, 1.82) is 0 Å². The van der Waals surface area contributed by atoms with Gasteiger partial charge in [0.2, 0.25) is 0 Å². The molecule has 2 aromatic carbocycles. The van der Waals surface area contributed by atoms with Gasteiger partial charge in [-0.05, 0) is 61.2 Å². The van der Waals surface area contributed by atoms with Crippen LogP contribution in [0.3, 0.4) is 0 Å². The van der Waals surface area contributed by atoms with Gasteiger partial charge in [-0.2, -0.15) is 18.3 Å². The van der Waals surface area contributed by atoms with E-state index in [0.717, 1.165) is 30.5 Å².